The van der Waals surface area contributed by atoms with Crippen molar-refractivity contribution in [3.63, 3.8) is 0 Å². The highest BCUT2D eigenvalue weighted by molar-refractivity contribution is 5.83. The number of aliphatic hydroxyl groups excluding tert-OH is 1. The quantitative estimate of drug-likeness (QED) is 0.713. The summed E-state index contributed by atoms with van der Waals surface area (Å²) in [6.07, 6.45) is -0.795. The summed E-state index contributed by atoms with van der Waals surface area (Å²) in [5.41, 5.74) is 1.63. The third-order valence-corrected chi connectivity index (χ3v) is 3.71. The Morgan fingerprint density at radius 2 is 1.86 bits per heavy atom. The largest absolute Gasteiger partial charge is 0.497 e. The zero-order valence-corrected chi connectivity index (χ0v) is 13.8. The Bertz CT molecular complexity index is 492. The Labute approximate surface area is 132 Å². The van der Waals surface area contributed by atoms with E-state index in [0.717, 1.165) is 11.3 Å². The van der Waals surface area contributed by atoms with E-state index in [1.807, 2.05) is 31.2 Å². The van der Waals surface area contributed by atoms with Crippen LogP contribution in [0.1, 0.15) is 26.3 Å². The smallest absolute Gasteiger partial charge is 0.143 e. The average molecular weight is 306 g/mol. The molecule has 3 atom stereocenters. The molecule has 0 fully saturated rings. The Morgan fingerprint density at radius 3 is 2.36 bits per heavy atom. The molecule has 0 aliphatic heterocycles. The van der Waals surface area contributed by atoms with Crippen LogP contribution in [0.5, 0.6) is 5.75 Å². The Kier molecular flexibility index (Phi) is 7.28. The number of carbonyl (C=O) groups excluding carboxylic acids is 1. The molecule has 1 aromatic rings. The van der Waals surface area contributed by atoms with Crippen LogP contribution in [0.3, 0.4) is 0 Å². The van der Waals surface area contributed by atoms with Crippen LogP contribution < -0.4 is 4.74 Å². The lowest BCUT2D eigenvalue weighted by molar-refractivity contribution is -0.130. The molecule has 0 radical (unpaired) electrons. The standard InChI is InChI=1S/C18H26O4/c1-12(2)17(19)14(4)18(20)13(3)10-22-11-15-6-8-16(21-5)9-7-15/h6-9,13-14,17,19H,1,10-11H2,2-5H3/t13-,14-,17-/m0/s1. The number of Topliss-reactive ketones (excluding diaryl/α,β-unsaturated/α-hetero) is 1. The van der Waals surface area contributed by atoms with Crippen molar-refractivity contribution in [2.24, 2.45) is 11.8 Å². The lowest BCUT2D eigenvalue weighted by atomic mass is 9.89. The molecular weight excluding hydrogens is 280 g/mol. The molecule has 1 aromatic carbocycles. The summed E-state index contributed by atoms with van der Waals surface area (Å²) < 4.78 is 10.7. The van der Waals surface area contributed by atoms with Crippen LogP contribution in [-0.2, 0) is 16.1 Å². The van der Waals surface area contributed by atoms with Crippen LogP contribution in [0.15, 0.2) is 36.4 Å². The predicted molar refractivity (Wildman–Crippen MR) is 86.8 cm³/mol. The zero-order chi connectivity index (χ0) is 16.7. The van der Waals surface area contributed by atoms with Crippen LogP contribution in [0.4, 0.5) is 0 Å². The third kappa shape index (κ3) is 5.28. The number of ketones is 1. The van der Waals surface area contributed by atoms with Gasteiger partial charge in [-0.15, -0.1) is 0 Å². The van der Waals surface area contributed by atoms with E-state index in [9.17, 15) is 9.90 Å². The van der Waals surface area contributed by atoms with Gasteiger partial charge >= 0.3 is 0 Å². The fourth-order valence-corrected chi connectivity index (χ4v) is 2.19. The molecule has 4 nitrogen and oxygen atoms in total. The minimum Gasteiger partial charge on any atom is -0.497 e. The Morgan fingerprint density at radius 1 is 1.27 bits per heavy atom. The minimum absolute atomic E-state index is 0.00905. The lowest BCUT2D eigenvalue weighted by Crippen LogP contribution is -2.32. The van der Waals surface area contributed by atoms with Gasteiger partial charge in [-0.1, -0.05) is 38.1 Å². The van der Waals surface area contributed by atoms with E-state index in [2.05, 4.69) is 6.58 Å². The van der Waals surface area contributed by atoms with Crippen molar-refractivity contribution in [1.82, 2.24) is 0 Å². The number of rotatable bonds is 9. The molecule has 1 N–H and O–H groups in total. The van der Waals surface area contributed by atoms with Crippen molar-refractivity contribution in [2.45, 2.75) is 33.5 Å². The summed E-state index contributed by atoms with van der Waals surface area (Å²) in [4.78, 5) is 12.2. The molecule has 4 heteroatoms. The molecule has 122 valence electrons. The second-order valence-corrected chi connectivity index (χ2v) is 5.75. The van der Waals surface area contributed by atoms with Crippen molar-refractivity contribution in [3.8, 4) is 5.75 Å². The Hall–Kier alpha value is -1.65. The fraction of sp³-hybridized carbons (Fsp3) is 0.500. The fourth-order valence-electron chi connectivity index (χ4n) is 2.19. The van der Waals surface area contributed by atoms with E-state index in [1.165, 1.54) is 0 Å². The molecule has 0 heterocycles. The predicted octanol–water partition coefficient (Wildman–Crippen LogP) is 2.99. The highest BCUT2D eigenvalue weighted by Gasteiger charge is 2.26. The second kappa shape index (κ2) is 8.71. The van der Waals surface area contributed by atoms with Gasteiger partial charge in [0.1, 0.15) is 11.5 Å². The molecule has 0 saturated heterocycles. The van der Waals surface area contributed by atoms with Crippen LogP contribution in [0.25, 0.3) is 0 Å². The van der Waals surface area contributed by atoms with Gasteiger partial charge in [0, 0.05) is 11.8 Å². The average Bonchev–Trinajstić information content (AvgIpc) is 2.53. The lowest BCUT2D eigenvalue weighted by Gasteiger charge is -2.21. The van der Waals surface area contributed by atoms with Crippen molar-refractivity contribution < 1.29 is 19.4 Å². The summed E-state index contributed by atoms with van der Waals surface area (Å²) in [7, 11) is 1.62. The van der Waals surface area contributed by atoms with E-state index in [0.29, 0.717) is 18.8 Å². The first-order chi connectivity index (χ1) is 10.4. The van der Waals surface area contributed by atoms with Gasteiger partial charge in [-0.3, -0.25) is 4.79 Å². The summed E-state index contributed by atoms with van der Waals surface area (Å²) in [5.74, 6) is 0.0690. The molecule has 0 spiro atoms. The molecule has 0 unspecified atom stereocenters. The first-order valence-corrected chi connectivity index (χ1v) is 7.44. The summed E-state index contributed by atoms with van der Waals surface area (Å²) in [6.45, 7) is 9.73. The van der Waals surface area contributed by atoms with Crippen LogP contribution >= 0.6 is 0 Å². The van der Waals surface area contributed by atoms with Crippen LogP contribution in [0.2, 0.25) is 0 Å². The van der Waals surface area contributed by atoms with Crippen LogP contribution in [0, 0.1) is 11.8 Å². The van der Waals surface area contributed by atoms with E-state index >= 15 is 0 Å². The van der Waals surface area contributed by atoms with Crippen molar-refractivity contribution in [1.29, 1.82) is 0 Å². The monoisotopic (exact) mass is 306 g/mol. The summed E-state index contributed by atoms with van der Waals surface area (Å²) >= 11 is 0. The maximum Gasteiger partial charge on any atom is 0.143 e. The highest BCUT2D eigenvalue weighted by atomic mass is 16.5. The first-order valence-electron chi connectivity index (χ1n) is 7.44. The topological polar surface area (TPSA) is 55.8 Å². The van der Waals surface area contributed by atoms with Gasteiger partial charge in [-0.25, -0.2) is 0 Å². The molecule has 22 heavy (non-hydrogen) atoms. The van der Waals surface area contributed by atoms with Gasteiger partial charge in [0.2, 0.25) is 0 Å². The molecule has 0 aromatic heterocycles. The zero-order valence-electron chi connectivity index (χ0n) is 13.8. The highest BCUT2D eigenvalue weighted by Crippen LogP contribution is 2.17. The van der Waals surface area contributed by atoms with E-state index in [-0.39, 0.29) is 11.7 Å². The second-order valence-electron chi connectivity index (χ2n) is 5.75. The van der Waals surface area contributed by atoms with E-state index in [4.69, 9.17) is 9.47 Å². The molecule has 0 amide bonds. The van der Waals surface area contributed by atoms with Crippen molar-refractivity contribution >= 4 is 5.78 Å². The molecule has 0 saturated carbocycles. The van der Waals surface area contributed by atoms with Gasteiger partial charge < -0.3 is 14.6 Å². The van der Waals surface area contributed by atoms with Gasteiger partial charge in [0.25, 0.3) is 0 Å². The van der Waals surface area contributed by atoms with Crippen LogP contribution in [-0.4, -0.2) is 30.7 Å². The van der Waals surface area contributed by atoms with E-state index in [1.54, 1.807) is 21.0 Å². The summed E-state index contributed by atoms with van der Waals surface area (Å²) in [6, 6.07) is 7.61. The number of aliphatic hydroxyl groups is 1. The molecule has 0 bridgehead atoms. The van der Waals surface area contributed by atoms with Crippen molar-refractivity contribution in [3.05, 3.63) is 42.0 Å². The van der Waals surface area contributed by atoms with Gasteiger partial charge in [-0.2, -0.15) is 0 Å². The van der Waals surface area contributed by atoms with Gasteiger partial charge in [0.15, 0.2) is 0 Å². The minimum atomic E-state index is -0.795. The third-order valence-electron chi connectivity index (χ3n) is 3.71. The number of methoxy groups -OCH3 is 1. The number of ether oxygens (including phenoxy) is 2. The molecule has 1 rings (SSSR count). The van der Waals surface area contributed by atoms with E-state index < -0.39 is 12.0 Å². The number of hydrogen-bond donors (Lipinski definition) is 1. The number of carbonyl (C=O) groups is 1. The number of hydrogen-bond acceptors (Lipinski definition) is 4. The number of benzene rings is 1. The Balaban J connectivity index is 2.43. The summed E-state index contributed by atoms with van der Waals surface area (Å²) in [5, 5.41) is 9.89. The maximum absolute atomic E-state index is 12.2. The molecule has 0 aliphatic rings. The van der Waals surface area contributed by atoms with Gasteiger partial charge in [0.05, 0.1) is 26.4 Å². The molecule has 0 aliphatic carbocycles. The normalized spacial score (nSPS) is 15.0. The van der Waals surface area contributed by atoms with Crippen molar-refractivity contribution in [2.75, 3.05) is 13.7 Å². The molecular formula is C18H26O4. The maximum atomic E-state index is 12.2. The van der Waals surface area contributed by atoms with Gasteiger partial charge in [-0.05, 0) is 24.6 Å². The first kappa shape index (κ1) is 18.4. The SMILES string of the molecule is C=C(C)[C@H](O)[C@H](C)C(=O)[C@@H](C)COCc1ccc(OC)cc1.